The lowest BCUT2D eigenvalue weighted by molar-refractivity contribution is -0.228. The highest BCUT2D eigenvalue weighted by molar-refractivity contribution is 5.70. The third kappa shape index (κ3) is 2.93. The van der Waals surface area contributed by atoms with E-state index >= 15 is 0 Å². The molecule has 3 aliphatic rings. The average Bonchev–Trinajstić information content (AvgIpc) is 3.12. The zero-order chi connectivity index (χ0) is 16.4. The normalized spacial score (nSPS) is 34.1. The van der Waals surface area contributed by atoms with Gasteiger partial charge in [-0.15, -0.1) is 0 Å². The fraction of sp³-hybridized carbons (Fsp3) is 0.500. The van der Waals surface area contributed by atoms with Crippen molar-refractivity contribution in [2.45, 2.75) is 51.3 Å². The third-order valence-corrected chi connectivity index (χ3v) is 3.66. The Morgan fingerprint density at radius 1 is 1.48 bits per heavy atom. The van der Waals surface area contributed by atoms with E-state index < -0.39 is 11.9 Å². The lowest BCUT2D eigenvalue weighted by atomic mass is 10.1. The molecule has 3 rings (SSSR count). The van der Waals surface area contributed by atoms with E-state index in [2.05, 4.69) is 23.7 Å². The molecule has 0 bridgehead atoms. The number of carbonyl (C=O) groups excluding carboxylic acids is 1. The van der Waals surface area contributed by atoms with E-state index in [1.807, 2.05) is 13.8 Å². The maximum absolute atomic E-state index is 11.9. The third-order valence-electron chi connectivity index (χ3n) is 3.66. The zero-order valence-electron chi connectivity index (χ0n) is 13.3. The largest absolute Gasteiger partial charge is 0.454 e. The van der Waals surface area contributed by atoms with Crippen LogP contribution in [0.2, 0.25) is 0 Å². The van der Waals surface area contributed by atoms with Crippen molar-refractivity contribution >= 4 is 5.97 Å². The first-order valence-electron chi connectivity index (χ1n) is 7.57. The number of ether oxygens (including phenoxy) is 4. The van der Waals surface area contributed by atoms with Gasteiger partial charge in [-0.3, -0.25) is 4.79 Å². The molecule has 4 atom stereocenters. The average molecular weight is 314 g/mol. The second-order valence-electron chi connectivity index (χ2n) is 5.95. The summed E-state index contributed by atoms with van der Waals surface area (Å²) in [5, 5.41) is 0. The van der Waals surface area contributed by atoms with E-state index in [1.54, 1.807) is 19.1 Å². The van der Waals surface area contributed by atoms with E-state index in [0.29, 0.717) is 12.2 Å². The molecule has 120 valence electrons. The molecule has 0 aromatic heterocycles. The number of hydrogen-bond acceptors (Lipinski definition) is 5. The topological polar surface area (TPSA) is 57.3 Å². The van der Waals surface area contributed by atoms with Gasteiger partial charge in [0.15, 0.2) is 12.2 Å². The van der Waals surface area contributed by atoms with Gasteiger partial charge in [0.1, 0.15) is 5.76 Å². The minimum Gasteiger partial charge on any atom is -0.454 e. The smallest absolute Gasteiger partial charge is 0.321 e. The Kier molecular flexibility index (Phi) is 4.07. The van der Waals surface area contributed by atoms with Crippen molar-refractivity contribution in [3.05, 3.63) is 24.2 Å². The summed E-state index contributed by atoms with van der Waals surface area (Å²) in [6.45, 7) is 5.64. The molecule has 4 unspecified atom stereocenters. The zero-order valence-corrected chi connectivity index (χ0v) is 13.3. The number of carbonyl (C=O) groups is 1. The first-order valence-corrected chi connectivity index (χ1v) is 7.57. The van der Waals surface area contributed by atoms with Crippen molar-refractivity contribution in [3.8, 4) is 23.7 Å². The van der Waals surface area contributed by atoms with Gasteiger partial charge in [-0.25, -0.2) is 0 Å². The molecule has 0 N–H and O–H groups in total. The van der Waals surface area contributed by atoms with Crippen molar-refractivity contribution in [1.29, 1.82) is 0 Å². The maximum atomic E-state index is 11.9. The second kappa shape index (κ2) is 6.02. The number of esters is 1. The van der Waals surface area contributed by atoms with Crippen LogP contribution in [0.3, 0.4) is 0 Å². The molecule has 0 aromatic carbocycles. The highest BCUT2D eigenvalue weighted by Crippen LogP contribution is 2.53. The van der Waals surface area contributed by atoms with Gasteiger partial charge in [0.05, 0.1) is 6.26 Å². The van der Waals surface area contributed by atoms with Crippen LogP contribution in [0.4, 0.5) is 0 Å². The van der Waals surface area contributed by atoms with Crippen LogP contribution in [0, 0.1) is 29.6 Å². The summed E-state index contributed by atoms with van der Waals surface area (Å²) in [5.41, 5.74) is 0. The number of allylic oxidation sites excluding steroid dienone is 1. The SMILES string of the molecule is CC#CC#CC=C1OC2(OC=CC2OC(=O)CC(C)C)C2OC12. The van der Waals surface area contributed by atoms with Crippen LogP contribution >= 0.6 is 0 Å². The highest BCUT2D eigenvalue weighted by atomic mass is 16.8. The summed E-state index contributed by atoms with van der Waals surface area (Å²) in [6, 6.07) is 0. The van der Waals surface area contributed by atoms with Crippen molar-refractivity contribution in [3.63, 3.8) is 0 Å². The molecular weight excluding hydrogens is 296 g/mol. The Morgan fingerprint density at radius 2 is 2.30 bits per heavy atom. The monoisotopic (exact) mass is 314 g/mol. The predicted molar refractivity (Wildman–Crippen MR) is 81.3 cm³/mol. The van der Waals surface area contributed by atoms with Crippen LogP contribution in [0.15, 0.2) is 24.2 Å². The minimum atomic E-state index is -1.12. The van der Waals surface area contributed by atoms with Gasteiger partial charge in [-0.2, -0.15) is 0 Å². The van der Waals surface area contributed by atoms with Gasteiger partial charge < -0.3 is 18.9 Å². The van der Waals surface area contributed by atoms with Gasteiger partial charge in [-0.05, 0) is 30.8 Å². The fourth-order valence-electron chi connectivity index (χ4n) is 2.63. The summed E-state index contributed by atoms with van der Waals surface area (Å²) in [6.07, 6.45) is 4.01. The Bertz CT molecular complexity index is 682. The molecule has 0 aromatic rings. The summed E-state index contributed by atoms with van der Waals surface area (Å²) >= 11 is 0. The second-order valence-corrected chi connectivity index (χ2v) is 5.95. The van der Waals surface area contributed by atoms with Crippen molar-refractivity contribution in [2.24, 2.45) is 5.92 Å². The molecule has 0 amide bonds. The molecule has 2 saturated heterocycles. The predicted octanol–water partition coefficient (Wildman–Crippen LogP) is 1.89. The Labute approximate surface area is 135 Å². The molecule has 5 heteroatoms. The van der Waals surface area contributed by atoms with Crippen LogP contribution in [0.5, 0.6) is 0 Å². The van der Waals surface area contributed by atoms with Crippen LogP contribution in [-0.4, -0.2) is 30.1 Å². The Balaban J connectivity index is 1.71. The van der Waals surface area contributed by atoms with Crippen LogP contribution in [0.1, 0.15) is 27.2 Å². The lowest BCUT2D eigenvalue weighted by Crippen LogP contribution is -2.47. The first kappa shape index (κ1) is 15.5. The fourth-order valence-corrected chi connectivity index (χ4v) is 2.63. The Morgan fingerprint density at radius 3 is 3.04 bits per heavy atom. The van der Waals surface area contributed by atoms with Crippen molar-refractivity contribution in [2.75, 3.05) is 0 Å². The number of epoxide rings is 1. The van der Waals surface area contributed by atoms with E-state index in [0.717, 1.165) is 0 Å². The molecule has 3 aliphatic heterocycles. The molecule has 0 saturated carbocycles. The molecule has 0 radical (unpaired) electrons. The summed E-state index contributed by atoms with van der Waals surface area (Å²) < 4.78 is 22.6. The number of rotatable bonds is 3. The summed E-state index contributed by atoms with van der Waals surface area (Å²) in [7, 11) is 0. The molecule has 2 fully saturated rings. The minimum absolute atomic E-state index is 0.204. The van der Waals surface area contributed by atoms with E-state index in [9.17, 15) is 4.79 Å². The molecule has 5 nitrogen and oxygen atoms in total. The van der Waals surface area contributed by atoms with E-state index in [-0.39, 0.29) is 24.1 Å². The van der Waals surface area contributed by atoms with Gasteiger partial charge in [0, 0.05) is 12.5 Å². The maximum Gasteiger partial charge on any atom is 0.321 e. The van der Waals surface area contributed by atoms with Gasteiger partial charge >= 0.3 is 11.8 Å². The number of fused-ring (bicyclic) bond motifs is 2. The molecule has 1 spiro atoms. The summed E-state index contributed by atoms with van der Waals surface area (Å²) in [4.78, 5) is 11.9. The van der Waals surface area contributed by atoms with Gasteiger partial charge in [-0.1, -0.05) is 25.7 Å². The van der Waals surface area contributed by atoms with Gasteiger partial charge in [0.2, 0.25) is 6.10 Å². The van der Waals surface area contributed by atoms with Crippen molar-refractivity contribution < 1.29 is 23.7 Å². The highest BCUT2D eigenvalue weighted by Gasteiger charge is 2.72. The van der Waals surface area contributed by atoms with E-state index in [4.69, 9.17) is 18.9 Å². The molecule has 3 heterocycles. The molecular formula is C18H18O5. The molecule has 0 aliphatic carbocycles. The summed E-state index contributed by atoms with van der Waals surface area (Å²) in [5.74, 6) is 10.2. The van der Waals surface area contributed by atoms with Crippen LogP contribution in [-0.2, 0) is 23.7 Å². The standard InChI is InChI=1S/C18H18O5/c1-4-5-6-7-8-13-16-17(22-16)18(23-13)14(9-10-20-18)21-15(19)11-12(2)3/h8-10,12,14,16-17H,11H2,1-3H3. The lowest BCUT2D eigenvalue weighted by Gasteiger charge is -2.30. The van der Waals surface area contributed by atoms with Gasteiger partial charge in [0.25, 0.3) is 0 Å². The quantitative estimate of drug-likeness (QED) is 0.452. The van der Waals surface area contributed by atoms with Crippen molar-refractivity contribution in [1.82, 2.24) is 0 Å². The molecule has 23 heavy (non-hydrogen) atoms. The van der Waals surface area contributed by atoms with Crippen LogP contribution in [0.25, 0.3) is 0 Å². The number of hydrogen-bond donors (Lipinski definition) is 0. The first-order chi connectivity index (χ1) is 11.1. The van der Waals surface area contributed by atoms with Crippen LogP contribution < -0.4 is 0 Å². The Hall–Kier alpha value is -2.37. The van der Waals surface area contributed by atoms with E-state index in [1.165, 1.54) is 6.26 Å².